The fourth-order valence-electron chi connectivity index (χ4n) is 2.19. The summed E-state index contributed by atoms with van der Waals surface area (Å²) in [4.78, 5) is 11.7. The highest BCUT2D eigenvalue weighted by Crippen LogP contribution is 2.38. The third-order valence-electron chi connectivity index (χ3n) is 3.38. The molecular formula is C14H16N4O. The van der Waals surface area contributed by atoms with Crippen LogP contribution in [0.4, 0.5) is 0 Å². The van der Waals surface area contributed by atoms with Crippen molar-refractivity contribution in [3.05, 3.63) is 53.3 Å². The van der Waals surface area contributed by atoms with Crippen LogP contribution in [0.1, 0.15) is 40.4 Å². The van der Waals surface area contributed by atoms with Gasteiger partial charge in [-0.3, -0.25) is 14.9 Å². The lowest BCUT2D eigenvalue weighted by molar-refractivity contribution is 0.0952. The maximum atomic E-state index is 11.7. The van der Waals surface area contributed by atoms with Crippen molar-refractivity contribution in [1.82, 2.24) is 15.2 Å². The average molecular weight is 256 g/mol. The zero-order valence-corrected chi connectivity index (χ0v) is 10.5. The number of carbonyl (C=O) groups excluding carboxylic acids is 1. The molecule has 2 aromatic rings. The molecule has 1 aliphatic rings. The highest BCUT2D eigenvalue weighted by atomic mass is 16.2. The Morgan fingerprint density at radius 3 is 2.89 bits per heavy atom. The van der Waals surface area contributed by atoms with Crippen molar-refractivity contribution in [2.75, 3.05) is 0 Å². The molecule has 0 aliphatic heterocycles. The summed E-state index contributed by atoms with van der Waals surface area (Å²) in [6.07, 6.45) is 4.44. The topological polar surface area (TPSA) is 72.9 Å². The fourth-order valence-corrected chi connectivity index (χ4v) is 2.19. The first-order valence-corrected chi connectivity index (χ1v) is 6.40. The van der Waals surface area contributed by atoms with Gasteiger partial charge in [-0.1, -0.05) is 18.2 Å². The van der Waals surface area contributed by atoms with Crippen molar-refractivity contribution >= 4 is 5.91 Å². The van der Waals surface area contributed by atoms with Crippen LogP contribution >= 0.6 is 0 Å². The number of nitrogen functional groups attached to an aromatic ring is 1. The monoisotopic (exact) mass is 256 g/mol. The largest absolute Gasteiger partial charge is 0.290 e. The molecule has 1 saturated carbocycles. The second-order valence-electron chi connectivity index (χ2n) is 4.84. The third-order valence-corrected chi connectivity index (χ3v) is 3.38. The van der Waals surface area contributed by atoms with Gasteiger partial charge < -0.3 is 0 Å². The van der Waals surface area contributed by atoms with Gasteiger partial charge in [0.05, 0.1) is 12.2 Å². The number of benzene rings is 1. The smallest absolute Gasteiger partial charge is 0.265 e. The Bertz CT molecular complexity index is 601. The molecule has 98 valence electrons. The number of nitrogens with two attached hydrogens (primary N) is 1. The first kappa shape index (κ1) is 11.9. The Labute approximate surface area is 111 Å². The summed E-state index contributed by atoms with van der Waals surface area (Å²) in [7, 11) is 0. The van der Waals surface area contributed by atoms with Crippen LogP contribution in [0.15, 0.2) is 36.5 Å². The minimum Gasteiger partial charge on any atom is -0.290 e. The molecule has 3 rings (SSSR count). The summed E-state index contributed by atoms with van der Waals surface area (Å²) in [6.45, 7) is 0.580. The molecule has 1 amide bonds. The Balaban J connectivity index is 1.83. The quantitative estimate of drug-likeness (QED) is 0.493. The standard InChI is InChI=1S/C14H16N4O/c15-16-14(19)12-4-2-1-3-11(12)9-18-8-7-13(17-18)10-5-6-10/h1-4,7-8,10H,5-6,9,15H2,(H,16,19). The van der Waals surface area contributed by atoms with Gasteiger partial charge in [0.2, 0.25) is 0 Å². The van der Waals surface area contributed by atoms with Gasteiger partial charge in [0.15, 0.2) is 0 Å². The third kappa shape index (κ3) is 2.51. The number of hydrogen-bond acceptors (Lipinski definition) is 3. The van der Waals surface area contributed by atoms with Crippen molar-refractivity contribution in [3.8, 4) is 0 Å². The molecule has 19 heavy (non-hydrogen) atoms. The van der Waals surface area contributed by atoms with Gasteiger partial charge in [-0.2, -0.15) is 5.10 Å². The van der Waals surface area contributed by atoms with Crippen LogP contribution < -0.4 is 11.3 Å². The summed E-state index contributed by atoms with van der Waals surface area (Å²) in [5, 5.41) is 4.55. The normalized spacial score (nSPS) is 14.4. The zero-order chi connectivity index (χ0) is 13.2. The Kier molecular flexibility index (Phi) is 3.05. The van der Waals surface area contributed by atoms with Crippen LogP contribution in [0.2, 0.25) is 0 Å². The van der Waals surface area contributed by atoms with Crippen molar-refractivity contribution in [2.45, 2.75) is 25.3 Å². The molecule has 0 radical (unpaired) electrons. The van der Waals surface area contributed by atoms with Crippen molar-refractivity contribution in [3.63, 3.8) is 0 Å². The van der Waals surface area contributed by atoms with Gasteiger partial charge in [0.25, 0.3) is 5.91 Å². The lowest BCUT2D eigenvalue weighted by Gasteiger charge is -2.08. The molecule has 0 atom stereocenters. The first-order valence-electron chi connectivity index (χ1n) is 6.40. The van der Waals surface area contributed by atoms with Gasteiger partial charge in [-0.15, -0.1) is 0 Å². The SMILES string of the molecule is NNC(=O)c1ccccc1Cn1ccc(C2CC2)n1. The molecule has 1 aliphatic carbocycles. The van der Waals surface area contributed by atoms with Gasteiger partial charge in [-0.25, -0.2) is 5.84 Å². The number of hydrogen-bond donors (Lipinski definition) is 2. The number of nitrogens with zero attached hydrogens (tertiary/aromatic N) is 2. The maximum absolute atomic E-state index is 11.7. The van der Waals surface area contributed by atoms with Crippen LogP contribution in [0.5, 0.6) is 0 Å². The summed E-state index contributed by atoms with van der Waals surface area (Å²) < 4.78 is 1.87. The van der Waals surface area contributed by atoms with Crippen LogP contribution in [-0.4, -0.2) is 15.7 Å². The van der Waals surface area contributed by atoms with E-state index in [-0.39, 0.29) is 5.91 Å². The van der Waals surface area contributed by atoms with E-state index in [9.17, 15) is 4.79 Å². The predicted molar refractivity (Wildman–Crippen MR) is 71.4 cm³/mol. The van der Waals surface area contributed by atoms with Crippen molar-refractivity contribution in [2.24, 2.45) is 5.84 Å². The molecule has 1 heterocycles. The van der Waals surface area contributed by atoms with E-state index in [1.165, 1.54) is 12.8 Å². The van der Waals surface area contributed by atoms with E-state index in [1.54, 1.807) is 6.07 Å². The van der Waals surface area contributed by atoms with E-state index in [1.807, 2.05) is 29.1 Å². The van der Waals surface area contributed by atoms with E-state index >= 15 is 0 Å². The summed E-state index contributed by atoms with van der Waals surface area (Å²) in [6, 6.07) is 9.48. The summed E-state index contributed by atoms with van der Waals surface area (Å²) in [5.74, 6) is 5.57. The minimum atomic E-state index is -0.273. The Hall–Kier alpha value is -2.14. The average Bonchev–Trinajstić information content (AvgIpc) is 3.19. The van der Waals surface area contributed by atoms with Crippen LogP contribution in [0.3, 0.4) is 0 Å². The van der Waals surface area contributed by atoms with E-state index in [4.69, 9.17) is 5.84 Å². The molecule has 5 heteroatoms. The van der Waals surface area contributed by atoms with Gasteiger partial charge in [-0.05, 0) is 30.5 Å². The van der Waals surface area contributed by atoms with Crippen LogP contribution in [0, 0.1) is 0 Å². The molecule has 0 saturated heterocycles. The van der Waals surface area contributed by atoms with E-state index < -0.39 is 0 Å². The number of carbonyl (C=O) groups is 1. The first-order chi connectivity index (χ1) is 9.28. The van der Waals surface area contributed by atoms with Gasteiger partial charge in [0.1, 0.15) is 0 Å². The van der Waals surface area contributed by atoms with Gasteiger partial charge >= 0.3 is 0 Å². The lowest BCUT2D eigenvalue weighted by atomic mass is 10.1. The van der Waals surface area contributed by atoms with E-state index in [0.29, 0.717) is 18.0 Å². The van der Waals surface area contributed by atoms with E-state index in [2.05, 4.69) is 16.6 Å². The molecule has 0 bridgehead atoms. The molecular weight excluding hydrogens is 240 g/mol. The predicted octanol–water partition coefficient (Wildman–Crippen LogP) is 1.41. The molecule has 3 N–H and O–H groups in total. The Morgan fingerprint density at radius 2 is 2.16 bits per heavy atom. The molecule has 0 unspecified atom stereocenters. The number of nitrogens with one attached hydrogen (secondary N) is 1. The van der Waals surface area contributed by atoms with Crippen molar-refractivity contribution in [1.29, 1.82) is 0 Å². The summed E-state index contributed by atoms with van der Waals surface area (Å²) >= 11 is 0. The summed E-state index contributed by atoms with van der Waals surface area (Å²) in [5.41, 5.74) is 4.83. The van der Waals surface area contributed by atoms with Crippen LogP contribution in [0.25, 0.3) is 0 Å². The second kappa shape index (κ2) is 4.85. The lowest BCUT2D eigenvalue weighted by Crippen LogP contribution is -2.31. The Morgan fingerprint density at radius 1 is 1.37 bits per heavy atom. The van der Waals surface area contributed by atoms with Gasteiger partial charge in [0, 0.05) is 17.7 Å². The molecule has 5 nitrogen and oxygen atoms in total. The zero-order valence-electron chi connectivity index (χ0n) is 10.5. The van der Waals surface area contributed by atoms with Crippen LogP contribution in [-0.2, 0) is 6.54 Å². The number of rotatable bonds is 4. The number of amides is 1. The number of hydrazine groups is 1. The molecule has 0 spiro atoms. The highest BCUT2D eigenvalue weighted by molar-refractivity contribution is 5.95. The van der Waals surface area contributed by atoms with Crippen molar-refractivity contribution < 1.29 is 4.79 Å². The molecule has 1 aromatic heterocycles. The number of aromatic nitrogens is 2. The minimum absolute atomic E-state index is 0.273. The fraction of sp³-hybridized carbons (Fsp3) is 0.286. The maximum Gasteiger partial charge on any atom is 0.265 e. The molecule has 1 aromatic carbocycles. The molecule has 1 fully saturated rings. The second-order valence-corrected chi connectivity index (χ2v) is 4.84. The highest BCUT2D eigenvalue weighted by Gasteiger charge is 2.25. The van der Waals surface area contributed by atoms with E-state index in [0.717, 1.165) is 11.3 Å².